The summed E-state index contributed by atoms with van der Waals surface area (Å²) < 4.78 is 26.0. The molecule has 0 heterocycles. The molecular weight excluding hydrogens is 246 g/mol. The van der Waals surface area contributed by atoms with Gasteiger partial charge in [0, 0.05) is 13.0 Å². The Morgan fingerprint density at radius 2 is 2.00 bits per heavy atom. The number of hydrogen-bond acceptors (Lipinski definition) is 2. The van der Waals surface area contributed by atoms with Crippen LogP contribution in [0.4, 0.5) is 19.3 Å². The molecule has 7 heteroatoms. The second-order valence-electron chi connectivity index (χ2n) is 3.48. The van der Waals surface area contributed by atoms with Gasteiger partial charge in [-0.2, -0.15) is 0 Å². The lowest BCUT2D eigenvalue weighted by Crippen LogP contribution is -2.30. The molecule has 0 unspecified atom stereocenters. The van der Waals surface area contributed by atoms with Crippen molar-refractivity contribution in [1.29, 1.82) is 0 Å². The molecule has 0 aliphatic rings. The van der Waals surface area contributed by atoms with Crippen LogP contribution in [-0.4, -0.2) is 23.7 Å². The molecule has 1 aromatic carbocycles. The van der Waals surface area contributed by atoms with Gasteiger partial charge in [-0.25, -0.2) is 13.6 Å². The van der Waals surface area contributed by atoms with Gasteiger partial charge < -0.3 is 15.7 Å². The third-order valence-corrected chi connectivity index (χ3v) is 2.05. The molecular formula is C11H12F2N2O3. The third-order valence-electron chi connectivity index (χ3n) is 2.05. The first-order chi connectivity index (χ1) is 8.50. The Labute approximate surface area is 102 Å². The van der Waals surface area contributed by atoms with E-state index in [2.05, 4.69) is 10.6 Å². The number of hydrogen-bond donors (Lipinski definition) is 3. The summed E-state index contributed by atoms with van der Waals surface area (Å²) in [4.78, 5) is 21.5. The molecule has 0 aliphatic carbocycles. The molecule has 0 aromatic heterocycles. The number of anilines is 1. The van der Waals surface area contributed by atoms with Crippen molar-refractivity contribution >= 4 is 17.7 Å². The average Bonchev–Trinajstić information content (AvgIpc) is 2.30. The lowest BCUT2D eigenvalue weighted by atomic mass is 10.3. The summed E-state index contributed by atoms with van der Waals surface area (Å²) in [5.74, 6) is -3.16. The highest BCUT2D eigenvalue weighted by Gasteiger charge is 2.10. The van der Waals surface area contributed by atoms with Gasteiger partial charge in [0.25, 0.3) is 0 Å². The van der Waals surface area contributed by atoms with Gasteiger partial charge in [-0.15, -0.1) is 0 Å². The molecule has 18 heavy (non-hydrogen) atoms. The maximum atomic E-state index is 13.2. The first kappa shape index (κ1) is 13.9. The van der Waals surface area contributed by atoms with Crippen LogP contribution >= 0.6 is 0 Å². The molecule has 0 saturated carbocycles. The summed E-state index contributed by atoms with van der Waals surface area (Å²) in [5.41, 5.74) is -0.272. The Bertz CT molecular complexity index is 452. The number of halogens is 2. The molecule has 0 atom stereocenters. The van der Waals surface area contributed by atoms with Crippen molar-refractivity contribution in [2.45, 2.75) is 12.8 Å². The number of carbonyl (C=O) groups excluding carboxylic acids is 1. The number of amides is 2. The van der Waals surface area contributed by atoms with Crippen molar-refractivity contribution in [3.8, 4) is 0 Å². The zero-order valence-corrected chi connectivity index (χ0v) is 9.37. The molecule has 0 spiro atoms. The predicted molar refractivity (Wildman–Crippen MR) is 60.2 cm³/mol. The van der Waals surface area contributed by atoms with Gasteiger partial charge in [0.05, 0.1) is 5.69 Å². The first-order valence-electron chi connectivity index (χ1n) is 5.21. The summed E-state index contributed by atoms with van der Waals surface area (Å²) in [6.45, 7) is 0.134. The van der Waals surface area contributed by atoms with Crippen molar-refractivity contribution in [2.75, 3.05) is 11.9 Å². The van der Waals surface area contributed by atoms with Crippen LogP contribution in [0.25, 0.3) is 0 Å². The van der Waals surface area contributed by atoms with E-state index in [9.17, 15) is 18.4 Å². The van der Waals surface area contributed by atoms with E-state index in [0.29, 0.717) is 0 Å². The van der Waals surface area contributed by atoms with Gasteiger partial charge in [0.1, 0.15) is 0 Å². The van der Waals surface area contributed by atoms with E-state index in [1.807, 2.05) is 0 Å². The fourth-order valence-electron chi connectivity index (χ4n) is 1.21. The van der Waals surface area contributed by atoms with E-state index in [0.717, 1.165) is 6.07 Å². The highest BCUT2D eigenvalue weighted by atomic mass is 19.2. The first-order valence-corrected chi connectivity index (χ1v) is 5.21. The van der Waals surface area contributed by atoms with E-state index in [-0.39, 0.29) is 25.1 Å². The minimum Gasteiger partial charge on any atom is -0.481 e. The third kappa shape index (κ3) is 4.36. The van der Waals surface area contributed by atoms with Crippen molar-refractivity contribution in [3.05, 3.63) is 29.8 Å². The molecule has 5 nitrogen and oxygen atoms in total. The Hall–Kier alpha value is -2.18. The molecule has 0 aliphatic heterocycles. The number of benzene rings is 1. The normalized spacial score (nSPS) is 9.89. The molecule has 0 saturated heterocycles. The van der Waals surface area contributed by atoms with Gasteiger partial charge >= 0.3 is 12.0 Å². The monoisotopic (exact) mass is 258 g/mol. The van der Waals surface area contributed by atoms with Crippen molar-refractivity contribution in [2.24, 2.45) is 0 Å². The van der Waals surface area contributed by atoms with E-state index in [1.54, 1.807) is 0 Å². The highest BCUT2D eigenvalue weighted by molar-refractivity contribution is 5.89. The Kier molecular flexibility index (Phi) is 5.04. The zero-order chi connectivity index (χ0) is 13.5. The van der Waals surface area contributed by atoms with Crippen LogP contribution in [0.15, 0.2) is 18.2 Å². The number of aliphatic carboxylic acids is 1. The second kappa shape index (κ2) is 6.53. The summed E-state index contributed by atoms with van der Waals surface area (Å²) in [7, 11) is 0. The topological polar surface area (TPSA) is 78.4 Å². The van der Waals surface area contributed by atoms with E-state index in [1.165, 1.54) is 12.1 Å². The van der Waals surface area contributed by atoms with Crippen LogP contribution in [0, 0.1) is 11.6 Å². The van der Waals surface area contributed by atoms with Gasteiger partial charge in [-0.3, -0.25) is 4.79 Å². The van der Waals surface area contributed by atoms with E-state index >= 15 is 0 Å². The van der Waals surface area contributed by atoms with Crippen molar-refractivity contribution in [3.63, 3.8) is 0 Å². The average molecular weight is 258 g/mol. The Morgan fingerprint density at radius 3 is 2.67 bits per heavy atom. The van der Waals surface area contributed by atoms with E-state index in [4.69, 9.17) is 5.11 Å². The largest absolute Gasteiger partial charge is 0.481 e. The lowest BCUT2D eigenvalue weighted by Gasteiger charge is -2.08. The van der Waals surface area contributed by atoms with Gasteiger partial charge in [0.2, 0.25) is 0 Å². The Morgan fingerprint density at radius 1 is 1.28 bits per heavy atom. The number of carbonyl (C=O) groups is 2. The zero-order valence-electron chi connectivity index (χ0n) is 9.37. The van der Waals surface area contributed by atoms with Crippen LogP contribution in [0.2, 0.25) is 0 Å². The van der Waals surface area contributed by atoms with Crippen LogP contribution in [0.5, 0.6) is 0 Å². The second-order valence-corrected chi connectivity index (χ2v) is 3.48. The van der Waals surface area contributed by atoms with Gasteiger partial charge in [-0.05, 0) is 18.6 Å². The van der Waals surface area contributed by atoms with Crippen LogP contribution in [-0.2, 0) is 4.79 Å². The Balaban J connectivity index is 2.40. The highest BCUT2D eigenvalue weighted by Crippen LogP contribution is 2.16. The molecule has 98 valence electrons. The molecule has 0 bridgehead atoms. The fraction of sp³-hybridized carbons (Fsp3) is 0.273. The maximum absolute atomic E-state index is 13.2. The number of urea groups is 1. The fourth-order valence-corrected chi connectivity index (χ4v) is 1.21. The van der Waals surface area contributed by atoms with Crippen molar-refractivity contribution in [1.82, 2.24) is 5.32 Å². The minimum atomic E-state index is -1.14. The molecule has 1 rings (SSSR count). The van der Waals surface area contributed by atoms with Crippen molar-refractivity contribution < 1.29 is 23.5 Å². The number of rotatable bonds is 5. The smallest absolute Gasteiger partial charge is 0.319 e. The van der Waals surface area contributed by atoms with Crippen LogP contribution < -0.4 is 10.6 Å². The molecule has 3 N–H and O–H groups in total. The summed E-state index contributed by atoms with van der Waals surface area (Å²) in [5, 5.41) is 12.8. The maximum Gasteiger partial charge on any atom is 0.319 e. The van der Waals surface area contributed by atoms with Crippen LogP contribution in [0.3, 0.4) is 0 Å². The number of carboxylic acid groups (broad SMARTS) is 1. The summed E-state index contributed by atoms with van der Waals surface area (Å²) in [6.07, 6.45) is 0.184. The quantitative estimate of drug-likeness (QED) is 0.706. The van der Waals surface area contributed by atoms with Gasteiger partial charge in [0.15, 0.2) is 11.6 Å². The molecule has 1 aromatic rings. The SMILES string of the molecule is O=C(O)CCCNC(=O)Nc1cccc(F)c1F. The van der Waals surface area contributed by atoms with Crippen LogP contribution in [0.1, 0.15) is 12.8 Å². The standard InChI is InChI=1S/C11H12F2N2O3/c12-7-3-1-4-8(10(7)13)15-11(18)14-6-2-5-9(16)17/h1,3-4H,2,5-6H2,(H,16,17)(H2,14,15,18). The minimum absolute atomic E-state index is 0.0748. The lowest BCUT2D eigenvalue weighted by molar-refractivity contribution is -0.137. The molecule has 0 radical (unpaired) electrons. The summed E-state index contributed by atoms with van der Waals surface area (Å²) in [6, 6.07) is 2.70. The number of carboxylic acids is 1. The predicted octanol–water partition coefficient (Wildman–Crippen LogP) is 1.95. The van der Waals surface area contributed by atoms with Gasteiger partial charge in [-0.1, -0.05) is 6.07 Å². The molecule has 2 amide bonds. The summed E-state index contributed by atoms with van der Waals surface area (Å²) >= 11 is 0. The molecule has 0 fully saturated rings. The number of nitrogens with one attached hydrogen (secondary N) is 2. The van der Waals surface area contributed by atoms with E-state index < -0.39 is 23.6 Å².